The van der Waals surface area contributed by atoms with Gasteiger partial charge in [0.1, 0.15) is 0 Å². The topological polar surface area (TPSA) is 58.0 Å². The van der Waals surface area contributed by atoms with Crippen LogP contribution in [0, 0.1) is 13.8 Å². The molecule has 1 aromatic heterocycles. The van der Waals surface area contributed by atoms with Crippen molar-refractivity contribution in [1.29, 1.82) is 0 Å². The Hall–Kier alpha value is -1.97. The van der Waals surface area contributed by atoms with Crippen LogP contribution in [-0.4, -0.2) is 14.7 Å². The maximum Gasteiger partial charge on any atom is 0.332 e. The van der Waals surface area contributed by atoms with Gasteiger partial charge in [-0.25, -0.2) is 4.79 Å². The molecule has 15 heavy (non-hydrogen) atoms. The third-order valence-corrected chi connectivity index (χ3v) is 2.47. The lowest BCUT2D eigenvalue weighted by atomic mass is 10.1. The van der Waals surface area contributed by atoms with Gasteiger partial charge in [-0.1, -0.05) is 6.07 Å². The van der Waals surface area contributed by atoms with Crippen molar-refractivity contribution >= 4 is 0 Å². The fourth-order valence-electron chi connectivity index (χ4n) is 1.45. The fraction of sp³-hybridized carbons (Fsp3) is 0.182. The predicted molar refractivity (Wildman–Crippen MR) is 57.5 cm³/mol. The average Bonchev–Trinajstić information content (AvgIpc) is 2.50. The summed E-state index contributed by atoms with van der Waals surface area (Å²) < 4.78 is 1.38. The van der Waals surface area contributed by atoms with E-state index in [1.54, 1.807) is 0 Å². The Bertz CT molecular complexity index is 552. The van der Waals surface area contributed by atoms with Crippen LogP contribution in [0.5, 0.6) is 5.88 Å². The van der Waals surface area contributed by atoms with Gasteiger partial charge in [0.15, 0.2) is 0 Å². The molecule has 0 spiro atoms. The van der Waals surface area contributed by atoms with Crippen LogP contribution in [0.3, 0.4) is 0 Å². The Morgan fingerprint density at radius 2 is 2.00 bits per heavy atom. The fourth-order valence-corrected chi connectivity index (χ4v) is 1.45. The van der Waals surface area contributed by atoms with Gasteiger partial charge in [0.05, 0.1) is 11.9 Å². The molecule has 1 aromatic carbocycles. The van der Waals surface area contributed by atoms with Crippen LogP contribution < -0.4 is 5.69 Å². The van der Waals surface area contributed by atoms with Gasteiger partial charge in [0, 0.05) is 0 Å². The Morgan fingerprint density at radius 1 is 1.27 bits per heavy atom. The zero-order valence-electron chi connectivity index (χ0n) is 8.61. The highest BCUT2D eigenvalue weighted by Gasteiger charge is 2.04. The second kappa shape index (κ2) is 3.31. The number of benzene rings is 1. The second-order valence-electron chi connectivity index (χ2n) is 3.58. The summed E-state index contributed by atoms with van der Waals surface area (Å²) >= 11 is 0. The molecule has 0 fully saturated rings. The number of nitrogens with zero attached hydrogens (tertiary/aromatic N) is 1. The van der Waals surface area contributed by atoms with Crippen LogP contribution in [0.1, 0.15) is 11.1 Å². The highest BCUT2D eigenvalue weighted by atomic mass is 16.3. The molecule has 4 heteroatoms. The van der Waals surface area contributed by atoms with Crippen molar-refractivity contribution in [2.75, 3.05) is 0 Å². The van der Waals surface area contributed by atoms with Crippen LogP contribution in [-0.2, 0) is 0 Å². The van der Waals surface area contributed by atoms with Gasteiger partial charge in [0.2, 0.25) is 5.88 Å². The minimum absolute atomic E-state index is 0.127. The first-order valence-electron chi connectivity index (χ1n) is 4.66. The van der Waals surface area contributed by atoms with Crippen molar-refractivity contribution in [2.24, 2.45) is 0 Å². The van der Waals surface area contributed by atoms with Gasteiger partial charge in [-0.05, 0) is 37.1 Å². The smallest absolute Gasteiger partial charge is 0.332 e. The van der Waals surface area contributed by atoms with Crippen LogP contribution in [0.4, 0.5) is 0 Å². The summed E-state index contributed by atoms with van der Waals surface area (Å²) in [7, 11) is 0. The van der Waals surface area contributed by atoms with Crippen LogP contribution >= 0.6 is 0 Å². The third kappa shape index (κ3) is 1.66. The Balaban J connectivity index is 2.59. The summed E-state index contributed by atoms with van der Waals surface area (Å²) in [6.07, 6.45) is 1.37. The largest absolute Gasteiger partial charge is 0.493 e. The minimum Gasteiger partial charge on any atom is -0.493 e. The molecule has 0 amide bonds. The lowest BCUT2D eigenvalue weighted by Gasteiger charge is -2.04. The minimum atomic E-state index is -0.337. The zero-order chi connectivity index (χ0) is 11.0. The molecule has 0 radical (unpaired) electrons. The van der Waals surface area contributed by atoms with E-state index in [4.69, 9.17) is 5.11 Å². The summed E-state index contributed by atoms with van der Waals surface area (Å²) in [5.74, 6) is -0.127. The van der Waals surface area contributed by atoms with E-state index in [2.05, 4.69) is 4.98 Å². The van der Waals surface area contributed by atoms with Gasteiger partial charge in [-0.3, -0.25) is 9.55 Å². The van der Waals surface area contributed by atoms with E-state index in [0.717, 1.165) is 11.3 Å². The highest BCUT2D eigenvalue weighted by molar-refractivity contribution is 5.40. The molecular formula is C11H12N2O2. The summed E-state index contributed by atoms with van der Waals surface area (Å²) in [5, 5.41) is 9.14. The number of aromatic hydroxyl groups is 1. The molecule has 0 unspecified atom stereocenters. The molecule has 2 rings (SSSR count). The first kappa shape index (κ1) is 9.58. The zero-order valence-corrected chi connectivity index (χ0v) is 8.61. The molecule has 0 saturated heterocycles. The van der Waals surface area contributed by atoms with Gasteiger partial charge < -0.3 is 5.11 Å². The number of imidazole rings is 1. The highest BCUT2D eigenvalue weighted by Crippen LogP contribution is 2.13. The summed E-state index contributed by atoms with van der Waals surface area (Å²) in [6.45, 7) is 3.99. The van der Waals surface area contributed by atoms with Gasteiger partial charge in [0.25, 0.3) is 0 Å². The molecule has 0 aliphatic carbocycles. The van der Waals surface area contributed by atoms with Crippen molar-refractivity contribution in [2.45, 2.75) is 13.8 Å². The summed E-state index contributed by atoms with van der Waals surface area (Å²) in [6, 6.07) is 5.70. The Labute approximate surface area is 86.8 Å². The van der Waals surface area contributed by atoms with E-state index >= 15 is 0 Å². The van der Waals surface area contributed by atoms with Gasteiger partial charge in [-0.15, -0.1) is 0 Å². The maximum atomic E-state index is 11.4. The number of rotatable bonds is 1. The van der Waals surface area contributed by atoms with Crippen LogP contribution in [0.2, 0.25) is 0 Å². The molecular weight excluding hydrogens is 192 g/mol. The third-order valence-electron chi connectivity index (χ3n) is 2.47. The first-order chi connectivity index (χ1) is 7.08. The monoisotopic (exact) mass is 204 g/mol. The standard InChI is InChI=1S/C11H12N2O2/c1-7-3-4-9(5-8(7)2)13-6-10(14)12-11(13)15/h3-6,14H,1-2H3,(H,12,15). The van der Waals surface area contributed by atoms with Crippen molar-refractivity contribution in [3.8, 4) is 11.6 Å². The van der Waals surface area contributed by atoms with E-state index in [1.165, 1.54) is 16.3 Å². The lowest BCUT2D eigenvalue weighted by Crippen LogP contribution is -2.14. The van der Waals surface area contributed by atoms with Crippen molar-refractivity contribution in [3.05, 3.63) is 46.0 Å². The van der Waals surface area contributed by atoms with Gasteiger partial charge in [-0.2, -0.15) is 0 Å². The van der Waals surface area contributed by atoms with E-state index in [1.807, 2.05) is 32.0 Å². The normalized spacial score (nSPS) is 10.5. The molecule has 0 aliphatic heterocycles. The molecule has 4 nitrogen and oxygen atoms in total. The average molecular weight is 204 g/mol. The predicted octanol–water partition coefficient (Wildman–Crippen LogP) is 1.49. The van der Waals surface area contributed by atoms with E-state index in [0.29, 0.717) is 0 Å². The van der Waals surface area contributed by atoms with Crippen LogP contribution in [0.25, 0.3) is 5.69 Å². The molecule has 78 valence electrons. The van der Waals surface area contributed by atoms with E-state index < -0.39 is 0 Å². The number of H-pyrrole nitrogens is 1. The number of hydrogen-bond acceptors (Lipinski definition) is 2. The summed E-state index contributed by atoms with van der Waals surface area (Å²) in [5.41, 5.74) is 2.70. The number of nitrogens with one attached hydrogen (secondary N) is 1. The molecule has 1 heterocycles. The molecule has 0 atom stereocenters. The number of aryl methyl sites for hydroxylation is 2. The second-order valence-corrected chi connectivity index (χ2v) is 3.58. The first-order valence-corrected chi connectivity index (χ1v) is 4.66. The number of aromatic amines is 1. The van der Waals surface area contributed by atoms with Gasteiger partial charge >= 0.3 is 5.69 Å². The molecule has 0 saturated carbocycles. The molecule has 0 bridgehead atoms. The quantitative estimate of drug-likeness (QED) is 0.739. The molecule has 2 N–H and O–H groups in total. The molecule has 0 aliphatic rings. The number of hydrogen-bond donors (Lipinski definition) is 2. The maximum absolute atomic E-state index is 11.4. The number of aromatic nitrogens is 2. The van der Waals surface area contributed by atoms with E-state index in [9.17, 15) is 4.79 Å². The Kier molecular flexibility index (Phi) is 2.11. The van der Waals surface area contributed by atoms with Crippen molar-refractivity contribution in [3.63, 3.8) is 0 Å². The van der Waals surface area contributed by atoms with Crippen LogP contribution in [0.15, 0.2) is 29.2 Å². The molecule has 2 aromatic rings. The Morgan fingerprint density at radius 3 is 2.53 bits per heavy atom. The van der Waals surface area contributed by atoms with Crippen molar-refractivity contribution in [1.82, 2.24) is 9.55 Å². The van der Waals surface area contributed by atoms with E-state index in [-0.39, 0.29) is 11.6 Å². The summed E-state index contributed by atoms with van der Waals surface area (Å²) in [4.78, 5) is 13.7. The van der Waals surface area contributed by atoms with Crippen molar-refractivity contribution < 1.29 is 5.11 Å². The lowest BCUT2D eigenvalue weighted by molar-refractivity contribution is 0.455. The SMILES string of the molecule is Cc1ccc(-n2cc(O)[nH]c2=O)cc1C.